The molecular formula is C25H29FO2. The summed E-state index contributed by atoms with van der Waals surface area (Å²) in [6, 6.07) is 15.9. The molecule has 2 nitrogen and oxygen atoms in total. The SMILES string of the molecule is C[C@H]1[C@H]2[C@H]3[C@@H](c4ccc(O)cc4C[C@H]3c3ccccc3)[C@@H](F)C[C@]2(C)C[C@H]1O. The van der Waals surface area contributed by atoms with E-state index in [0.29, 0.717) is 18.8 Å². The molecule has 2 aromatic rings. The molecule has 0 aromatic heterocycles. The number of rotatable bonds is 1. The first kappa shape index (κ1) is 18.2. The summed E-state index contributed by atoms with van der Waals surface area (Å²) in [4.78, 5) is 0. The summed E-state index contributed by atoms with van der Waals surface area (Å²) in [6.45, 7) is 4.35. The van der Waals surface area contributed by atoms with Crippen LogP contribution in [0.1, 0.15) is 55.2 Å². The predicted octanol–water partition coefficient (Wildman–Crippen LogP) is 5.20. The molecule has 2 fully saturated rings. The highest BCUT2D eigenvalue weighted by Gasteiger charge is 2.61. The number of phenols is 1. The van der Waals surface area contributed by atoms with E-state index < -0.39 is 6.17 Å². The molecule has 0 spiro atoms. The number of benzene rings is 2. The van der Waals surface area contributed by atoms with E-state index in [1.807, 2.05) is 18.2 Å². The second-order valence-corrected chi connectivity index (χ2v) is 9.74. The number of hydrogen-bond acceptors (Lipinski definition) is 2. The van der Waals surface area contributed by atoms with Crippen molar-refractivity contribution in [2.75, 3.05) is 0 Å². The van der Waals surface area contributed by atoms with Crippen molar-refractivity contribution < 1.29 is 14.6 Å². The Morgan fingerprint density at radius 1 is 1.07 bits per heavy atom. The van der Waals surface area contributed by atoms with E-state index in [1.54, 1.807) is 6.07 Å². The molecule has 28 heavy (non-hydrogen) atoms. The summed E-state index contributed by atoms with van der Waals surface area (Å²) < 4.78 is 15.8. The van der Waals surface area contributed by atoms with Gasteiger partial charge in [-0.3, -0.25) is 0 Å². The third kappa shape index (κ3) is 2.55. The highest BCUT2D eigenvalue weighted by atomic mass is 19.1. The molecule has 2 saturated carbocycles. The topological polar surface area (TPSA) is 40.5 Å². The van der Waals surface area contributed by atoms with Crippen molar-refractivity contribution in [2.24, 2.45) is 23.2 Å². The van der Waals surface area contributed by atoms with Gasteiger partial charge in [0.15, 0.2) is 0 Å². The predicted molar refractivity (Wildman–Crippen MR) is 108 cm³/mol. The van der Waals surface area contributed by atoms with Gasteiger partial charge in [-0.2, -0.15) is 0 Å². The van der Waals surface area contributed by atoms with Crippen LogP contribution in [0.5, 0.6) is 5.75 Å². The monoisotopic (exact) mass is 380 g/mol. The van der Waals surface area contributed by atoms with Crippen molar-refractivity contribution in [3.05, 3.63) is 65.2 Å². The van der Waals surface area contributed by atoms with Crippen molar-refractivity contribution in [3.63, 3.8) is 0 Å². The minimum Gasteiger partial charge on any atom is -0.508 e. The van der Waals surface area contributed by atoms with Crippen molar-refractivity contribution in [1.82, 2.24) is 0 Å². The largest absolute Gasteiger partial charge is 0.508 e. The molecule has 0 aliphatic heterocycles. The van der Waals surface area contributed by atoms with Gasteiger partial charge in [0, 0.05) is 5.92 Å². The molecule has 0 amide bonds. The van der Waals surface area contributed by atoms with Gasteiger partial charge in [-0.1, -0.05) is 50.2 Å². The summed E-state index contributed by atoms with van der Waals surface area (Å²) in [6.07, 6.45) is 0.767. The molecule has 0 radical (unpaired) electrons. The standard InChI is InChI=1S/C25H29FO2/c1-14-21(28)13-25(2)12-20(26)22-18-9-8-17(27)10-16(18)11-19(23(22)24(14)25)15-6-4-3-5-7-15/h3-10,14,19-24,27-28H,11-13H2,1-2H3/t14-,19+,20+,21-,22+,23-,24+,25-/m1/s1. The van der Waals surface area contributed by atoms with Crippen LogP contribution in [-0.4, -0.2) is 22.5 Å². The number of aliphatic hydroxyl groups is 1. The minimum absolute atomic E-state index is 0.152. The lowest BCUT2D eigenvalue weighted by atomic mass is 9.50. The minimum atomic E-state index is -0.918. The van der Waals surface area contributed by atoms with Gasteiger partial charge < -0.3 is 10.2 Å². The zero-order valence-corrected chi connectivity index (χ0v) is 16.6. The van der Waals surface area contributed by atoms with E-state index in [-0.39, 0.29) is 40.9 Å². The first-order valence-corrected chi connectivity index (χ1v) is 10.6. The number of halogens is 1. The maximum Gasteiger partial charge on any atom is 0.115 e. The number of aliphatic hydroxyl groups excluding tert-OH is 1. The van der Waals surface area contributed by atoms with Crippen LogP contribution < -0.4 is 0 Å². The van der Waals surface area contributed by atoms with Crippen molar-refractivity contribution in [3.8, 4) is 5.75 Å². The normalized spacial score (nSPS) is 41.8. The average molecular weight is 381 g/mol. The molecule has 0 bridgehead atoms. The lowest BCUT2D eigenvalue weighted by Crippen LogP contribution is -2.49. The van der Waals surface area contributed by atoms with Gasteiger partial charge in [0.25, 0.3) is 0 Å². The fourth-order valence-corrected chi connectivity index (χ4v) is 7.16. The first-order chi connectivity index (χ1) is 13.4. The lowest BCUT2D eigenvalue weighted by molar-refractivity contribution is -0.0235. The highest BCUT2D eigenvalue weighted by Crippen LogP contribution is 2.65. The highest BCUT2D eigenvalue weighted by molar-refractivity contribution is 5.44. The summed E-state index contributed by atoms with van der Waals surface area (Å²) in [5, 5.41) is 20.8. The van der Waals surface area contributed by atoms with Gasteiger partial charge >= 0.3 is 0 Å². The second kappa shape index (κ2) is 6.32. The van der Waals surface area contributed by atoms with E-state index in [1.165, 1.54) is 5.56 Å². The molecule has 8 atom stereocenters. The van der Waals surface area contributed by atoms with Crippen LogP contribution in [0.2, 0.25) is 0 Å². The Morgan fingerprint density at radius 3 is 2.57 bits per heavy atom. The zero-order chi connectivity index (χ0) is 19.6. The Hall–Kier alpha value is -1.87. The maximum absolute atomic E-state index is 15.8. The number of hydrogen-bond donors (Lipinski definition) is 2. The van der Waals surface area contributed by atoms with Crippen LogP contribution in [-0.2, 0) is 6.42 Å². The van der Waals surface area contributed by atoms with Crippen LogP contribution in [0.25, 0.3) is 0 Å². The second-order valence-electron chi connectivity index (χ2n) is 9.74. The molecule has 0 heterocycles. The van der Waals surface area contributed by atoms with E-state index in [0.717, 1.165) is 17.5 Å². The van der Waals surface area contributed by atoms with Gasteiger partial charge in [-0.25, -0.2) is 4.39 Å². The van der Waals surface area contributed by atoms with Gasteiger partial charge in [-0.05, 0) is 77.2 Å². The van der Waals surface area contributed by atoms with E-state index in [2.05, 4.69) is 38.1 Å². The molecule has 2 N–H and O–H groups in total. The van der Waals surface area contributed by atoms with Crippen LogP contribution in [0.3, 0.4) is 0 Å². The lowest BCUT2D eigenvalue weighted by Gasteiger charge is -2.54. The van der Waals surface area contributed by atoms with E-state index in [4.69, 9.17) is 0 Å². The zero-order valence-electron chi connectivity index (χ0n) is 16.6. The fourth-order valence-electron chi connectivity index (χ4n) is 7.16. The van der Waals surface area contributed by atoms with Crippen LogP contribution in [0.4, 0.5) is 4.39 Å². The van der Waals surface area contributed by atoms with Gasteiger partial charge in [0.2, 0.25) is 0 Å². The van der Waals surface area contributed by atoms with Crippen molar-refractivity contribution >= 4 is 0 Å². The van der Waals surface area contributed by atoms with Crippen LogP contribution in [0, 0.1) is 23.2 Å². The van der Waals surface area contributed by atoms with E-state index >= 15 is 4.39 Å². The van der Waals surface area contributed by atoms with Gasteiger partial charge in [0.1, 0.15) is 11.9 Å². The third-order valence-corrected chi connectivity index (χ3v) is 8.15. The molecule has 5 rings (SSSR count). The number of alkyl halides is 1. The molecule has 2 aromatic carbocycles. The summed E-state index contributed by atoms with van der Waals surface area (Å²) in [5.41, 5.74) is 3.24. The maximum atomic E-state index is 15.8. The molecule has 3 aliphatic carbocycles. The molecule has 148 valence electrons. The Balaban J connectivity index is 1.70. The van der Waals surface area contributed by atoms with Gasteiger partial charge in [0.05, 0.1) is 6.10 Å². The molecular weight excluding hydrogens is 351 g/mol. The van der Waals surface area contributed by atoms with E-state index in [9.17, 15) is 10.2 Å². The Kier molecular flexibility index (Phi) is 4.10. The molecule has 3 heteroatoms. The smallest absolute Gasteiger partial charge is 0.115 e. The number of fused-ring (bicyclic) bond motifs is 5. The summed E-state index contributed by atoms with van der Waals surface area (Å²) in [7, 11) is 0. The number of aromatic hydroxyl groups is 1. The average Bonchev–Trinajstić information content (AvgIpc) is 2.89. The number of phenolic OH excluding ortho intramolecular Hbond substituents is 1. The van der Waals surface area contributed by atoms with Crippen molar-refractivity contribution in [1.29, 1.82) is 0 Å². The molecule has 3 aliphatic rings. The van der Waals surface area contributed by atoms with Crippen LogP contribution >= 0.6 is 0 Å². The molecule has 0 unspecified atom stereocenters. The Bertz CT molecular complexity index is 881. The Labute approximate surface area is 166 Å². The van der Waals surface area contributed by atoms with Crippen molar-refractivity contribution in [2.45, 2.75) is 57.2 Å². The quantitative estimate of drug-likeness (QED) is 0.714. The first-order valence-electron chi connectivity index (χ1n) is 10.6. The summed E-state index contributed by atoms with van der Waals surface area (Å²) in [5.74, 6) is 0.933. The molecule has 0 saturated heterocycles. The third-order valence-electron chi connectivity index (χ3n) is 8.15. The fraction of sp³-hybridized carbons (Fsp3) is 0.520. The van der Waals surface area contributed by atoms with Gasteiger partial charge in [-0.15, -0.1) is 0 Å². The van der Waals surface area contributed by atoms with Crippen LogP contribution in [0.15, 0.2) is 48.5 Å². The summed E-state index contributed by atoms with van der Waals surface area (Å²) >= 11 is 0. The Morgan fingerprint density at radius 2 is 1.82 bits per heavy atom.